The van der Waals surface area contributed by atoms with Gasteiger partial charge in [0.05, 0.1) is 12.2 Å². The van der Waals surface area contributed by atoms with E-state index in [4.69, 9.17) is 16.2 Å². The third kappa shape index (κ3) is 3.80. The lowest BCUT2D eigenvalue weighted by Crippen LogP contribution is -2.44. The lowest BCUT2D eigenvalue weighted by molar-refractivity contribution is -0.122. The van der Waals surface area contributed by atoms with Crippen LogP contribution in [0.2, 0.25) is 0 Å². The molecule has 1 saturated carbocycles. The zero-order valence-electron chi connectivity index (χ0n) is 9.50. The van der Waals surface area contributed by atoms with Gasteiger partial charge in [0.1, 0.15) is 0 Å². The fraction of sp³-hybridized carbons (Fsp3) is 0.909. The van der Waals surface area contributed by atoms with Gasteiger partial charge in [-0.1, -0.05) is 6.92 Å². The number of carbonyl (C=O) groups is 1. The molecule has 1 aliphatic rings. The van der Waals surface area contributed by atoms with E-state index in [-0.39, 0.29) is 17.9 Å². The van der Waals surface area contributed by atoms with Gasteiger partial charge in [-0.05, 0) is 31.6 Å². The molecule has 4 N–H and O–H groups in total. The van der Waals surface area contributed by atoms with Crippen molar-refractivity contribution in [2.75, 3.05) is 13.2 Å². The molecule has 1 fully saturated rings. The Labute approximate surface area is 91.3 Å². The predicted molar refractivity (Wildman–Crippen MR) is 59.2 cm³/mol. The zero-order valence-corrected chi connectivity index (χ0v) is 9.50. The van der Waals surface area contributed by atoms with Gasteiger partial charge in [-0.3, -0.25) is 4.79 Å². The topological polar surface area (TPSA) is 78.3 Å². The molecule has 0 aromatic rings. The van der Waals surface area contributed by atoms with Crippen LogP contribution in [0.15, 0.2) is 0 Å². The normalized spacial score (nSPS) is 31.5. The third-order valence-corrected chi connectivity index (χ3v) is 3.31. The molecule has 0 aromatic carbocycles. The van der Waals surface area contributed by atoms with E-state index in [2.05, 4.69) is 6.92 Å². The lowest BCUT2D eigenvalue weighted by Gasteiger charge is -2.38. The number of primary amides is 1. The van der Waals surface area contributed by atoms with Crippen LogP contribution in [-0.2, 0) is 9.53 Å². The van der Waals surface area contributed by atoms with Crippen LogP contribution in [-0.4, -0.2) is 24.7 Å². The van der Waals surface area contributed by atoms with Crippen molar-refractivity contribution in [2.24, 2.45) is 17.4 Å². The van der Waals surface area contributed by atoms with Crippen molar-refractivity contribution >= 4 is 5.91 Å². The van der Waals surface area contributed by atoms with Crippen LogP contribution in [0.25, 0.3) is 0 Å². The Morgan fingerprint density at radius 3 is 2.53 bits per heavy atom. The molecule has 0 spiro atoms. The van der Waals surface area contributed by atoms with Crippen LogP contribution in [0.5, 0.6) is 0 Å². The second-order valence-corrected chi connectivity index (χ2v) is 4.63. The fourth-order valence-electron chi connectivity index (χ4n) is 2.06. The van der Waals surface area contributed by atoms with Gasteiger partial charge in [0.2, 0.25) is 5.91 Å². The minimum absolute atomic E-state index is 0.192. The summed E-state index contributed by atoms with van der Waals surface area (Å²) in [5.74, 6) is 0.454. The van der Waals surface area contributed by atoms with Crippen molar-refractivity contribution in [2.45, 2.75) is 44.6 Å². The molecule has 0 heterocycles. The maximum atomic E-state index is 10.6. The predicted octanol–water partition coefficient (Wildman–Crippen LogP) is 0.786. The monoisotopic (exact) mass is 214 g/mol. The molecule has 1 aliphatic carbocycles. The van der Waals surface area contributed by atoms with E-state index < -0.39 is 0 Å². The average Bonchev–Trinajstić information content (AvgIpc) is 2.21. The molecule has 0 bridgehead atoms. The number of hydrogen-bond acceptors (Lipinski definition) is 3. The van der Waals surface area contributed by atoms with Crippen LogP contribution in [0, 0.1) is 5.92 Å². The molecule has 0 saturated heterocycles. The van der Waals surface area contributed by atoms with Crippen molar-refractivity contribution in [1.29, 1.82) is 0 Å². The summed E-state index contributed by atoms with van der Waals surface area (Å²) < 4.78 is 5.75. The Bertz CT molecular complexity index is 211. The summed E-state index contributed by atoms with van der Waals surface area (Å²) in [6.45, 7) is 3.20. The first-order valence-electron chi connectivity index (χ1n) is 5.70. The molecular formula is C11H22N2O2. The summed E-state index contributed by atoms with van der Waals surface area (Å²) in [4.78, 5) is 10.6. The first-order valence-corrected chi connectivity index (χ1v) is 5.70. The largest absolute Gasteiger partial charge is 0.373 e. The Morgan fingerprint density at radius 1 is 1.47 bits per heavy atom. The maximum absolute atomic E-state index is 10.6. The molecule has 0 radical (unpaired) electrons. The molecule has 15 heavy (non-hydrogen) atoms. The van der Waals surface area contributed by atoms with Crippen LogP contribution in [0.4, 0.5) is 0 Å². The second kappa shape index (κ2) is 5.47. The highest BCUT2D eigenvalue weighted by molar-refractivity contribution is 5.73. The van der Waals surface area contributed by atoms with Crippen LogP contribution >= 0.6 is 0 Å². The highest BCUT2D eigenvalue weighted by atomic mass is 16.5. The van der Waals surface area contributed by atoms with E-state index >= 15 is 0 Å². The van der Waals surface area contributed by atoms with Gasteiger partial charge in [-0.2, -0.15) is 0 Å². The number of hydrogen-bond donors (Lipinski definition) is 2. The Kier molecular flexibility index (Phi) is 4.54. The van der Waals surface area contributed by atoms with Crippen molar-refractivity contribution in [3.63, 3.8) is 0 Å². The number of ether oxygens (including phenoxy) is 1. The van der Waals surface area contributed by atoms with Crippen molar-refractivity contribution in [1.82, 2.24) is 0 Å². The molecule has 0 unspecified atom stereocenters. The standard InChI is InChI=1S/C11H22N2O2/c1-9-2-5-11(8-12,6-3-9)15-7-4-10(13)14/h9H,2-8,12H2,1H3,(H2,13,14). The first-order chi connectivity index (χ1) is 7.08. The Hall–Kier alpha value is -0.610. The van der Waals surface area contributed by atoms with E-state index in [0.717, 1.165) is 31.6 Å². The van der Waals surface area contributed by atoms with Gasteiger partial charge in [0.15, 0.2) is 0 Å². The molecule has 0 atom stereocenters. The van der Waals surface area contributed by atoms with Gasteiger partial charge < -0.3 is 16.2 Å². The van der Waals surface area contributed by atoms with Gasteiger partial charge in [-0.25, -0.2) is 0 Å². The highest BCUT2D eigenvalue weighted by Crippen LogP contribution is 2.33. The Morgan fingerprint density at radius 2 is 2.07 bits per heavy atom. The summed E-state index contributed by atoms with van der Waals surface area (Å²) in [7, 11) is 0. The molecule has 0 aliphatic heterocycles. The van der Waals surface area contributed by atoms with Crippen molar-refractivity contribution in [3.8, 4) is 0 Å². The van der Waals surface area contributed by atoms with Gasteiger partial charge in [0.25, 0.3) is 0 Å². The molecule has 1 rings (SSSR count). The minimum Gasteiger partial charge on any atom is -0.373 e. The summed E-state index contributed by atoms with van der Waals surface area (Å²) >= 11 is 0. The molecule has 88 valence electrons. The average molecular weight is 214 g/mol. The van der Waals surface area contributed by atoms with Crippen molar-refractivity contribution < 1.29 is 9.53 Å². The smallest absolute Gasteiger partial charge is 0.219 e. The lowest BCUT2D eigenvalue weighted by atomic mass is 9.79. The van der Waals surface area contributed by atoms with Gasteiger partial charge in [0, 0.05) is 13.0 Å². The van der Waals surface area contributed by atoms with Crippen LogP contribution in [0.3, 0.4) is 0 Å². The zero-order chi connectivity index (χ0) is 11.3. The van der Waals surface area contributed by atoms with E-state index in [1.165, 1.54) is 0 Å². The number of amides is 1. The van der Waals surface area contributed by atoms with Gasteiger partial charge >= 0.3 is 0 Å². The Balaban J connectivity index is 2.36. The van der Waals surface area contributed by atoms with Gasteiger partial charge in [-0.15, -0.1) is 0 Å². The van der Waals surface area contributed by atoms with Crippen molar-refractivity contribution in [3.05, 3.63) is 0 Å². The number of carbonyl (C=O) groups excluding carboxylic acids is 1. The quantitative estimate of drug-likeness (QED) is 0.710. The highest BCUT2D eigenvalue weighted by Gasteiger charge is 2.33. The molecule has 4 heteroatoms. The first kappa shape index (κ1) is 12.5. The minimum atomic E-state index is -0.314. The summed E-state index contributed by atoms with van der Waals surface area (Å²) in [5, 5.41) is 0. The maximum Gasteiger partial charge on any atom is 0.219 e. The molecule has 1 amide bonds. The van der Waals surface area contributed by atoms with E-state index in [9.17, 15) is 4.79 Å². The molecule has 0 aromatic heterocycles. The molecule has 4 nitrogen and oxygen atoms in total. The SMILES string of the molecule is CC1CCC(CN)(OCCC(N)=O)CC1. The van der Waals surface area contributed by atoms with Crippen LogP contribution < -0.4 is 11.5 Å². The summed E-state index contributed by atoms with van der Waals surface area (Å²) in [6.07, 6.45) is 4.62. The third-order valence-electron chi connectivity index (χ3n) is 3.31. The van der Waals surface area contributed by atoms with E-state index in [0.29, 0.717) is 13.2 Å². The number of nitrogens with two attached hydrogens (primary N) is 2. The van der Waals surface area contributed by atoms with E-state index in [1.54, 1.807) is 0 Å². The number of rotatable bonds is 5. The molecular weight excluding hydrogens is 192 g/mol. The fourth-order valence-corrected chi connectivity index (χ4v) is 2.06. The van der Waals surface area contributed by atoms with E-state index in [1.807, 2.05) is 0 Å². The summed E-state index contributed by atoms with van der Waals surface area (Å²) in [5.41, 5.74) is 10.6. The summed E-state index contributed by atoms with van der Waals surface area (Å²) in [6, 6.07) is 0. The second-order valence-electron chi connectivity index (χ2n) is 4.63. The van der Waals surface area contributed by atoms with Crippen LogP contribution in [0.1, 0.15) is 39.0 Å².